The Bertz CT molecular complexity index is 591. The molecular weight excluding hydrogens is 262 g/mol. The minimum Gasteiger partial charge on any atom is -0.271 e. The highest BCUT2D eigenvalue weighted by atomic mass is 35.5. The SMILES string of the molecule is Cc1cc(-c2nn(C)c(C)c2Cl)c(F)cc1Cl. The zero-order valence-electron chi connectivity index (χ0n) is 9.68. The summed E-state index contributed by atoms with van der Waals surface area (Å²) in [6.07, 6.45) is 0. The van der Waals surface area contributed by atoms with E-state index in [1.807, 2.05) is 13.8 Å². The normalized spacial score (nSPS) is 10.9. The van der Waals surface area contributed by atoms with Gasteiger partial charge in [-0.05, 0) is 31.5 Å². The molecule has 0 atom stereocenters. The highest BCUT2D eigenvalue weighted by Crippen LogP contribution is 2.33. The van der Waals surface area contributed by atoms with E-state index in [1.54, 1.807) is 17.8 Å². The molecule has 0 bridgehead atoms. The third-order valence-electron chi connectivity index (χ3n) is 2.76. The van der Waals surface area contributed by atoms with Gasteiger partial charge in [0.1, 0.15) is 11.5 Å². The van der Waals surface area contributed by atoms with Crippen LogP contribution in [0.1, 0.15) is 11.3 Å². The van der Waals surface area contributed by atoms with Crippen LogP contribution in [0.2, 0.25) is 10.0 Å². The van der Waals surface area contributed by atoms with E-state index in [4.69, 9.17) is 23.2 Å². The van der Waals surface area contributed by atoms with Gasteiger partial charge in [0.2, 0.25) is 0 Å². The van der Waals surface area contributed by atoms with E-state index >= 15 is 0 Å². The van der Waals surface area contributed by atoms with Crippen LogP contribution in [0.3, 0.4) is 0 Å². The van der Waals surface area contributed by atoms with Gasteiger partial charge in [-0.2, -0.15) is 5.10 Å². The van der Waals surface area contributed by atoms with E-state index in [0.717, 1.165) is 11.3 Å². The van der Waals surface area contributed by atoms with Gasteiger partial charge in [0.05, 0.1) is 10.7 Å². The lowest BCUT2D eigenvalue weighted by Gasteiger charge is -2.04. The van der Waals surface area contributed by atoms with Gasteiger partial charge >= 0.3 is 0 Å². The summed E-state index contributed by atoms with van der Waals surface area (Å²) in [5.74, 6) is -0.416. The molecule has 1 aromatic heterocycles. The molecular formula is C12H11Cl2FN2. The fourth-order valence-corrected chi connectivity index (χ4v) is 2.01. The van der Waals surface area contributed by atoms with Crippen molar-refractivity contribution >= 4 is 23.2 Å². The summed E-state index contributed by atoms with van der Waals surface area (Å²) in [5.41, 5.74) is 2.42. The van der Waals surface area contributed by atoms with Crippen molar-refractivity contribution in [1.82, 2.24) is 9.78 Å². The molecule has 0 aliphatic heterocycles. The topological polar surface area (TPSA) is 17.8 Å². The van der Waals surface area contributed by atoms with Gasteiger partial charge in [0.25, 0.3) is 0 Å². The van der Waals surface area contributed by atoms with E-state index < -0.39 is 5.82 Å². The maximum atomic E-state index is 13.8. The molecule has 0 fully saturated rings. The lowest BCUT2D eigenvalue weighted by Crippen LogP contribution is -1.93. The molecule has 1 aromatic carbocycles. The molecule has 0 spiro atoms. The molecule has 90 valence electrons. The lowest BCUT2D eigenvalue weighted by molar-refractivity contribution is 0.629. The Kier molecular flexibility index (Phi) is 3.15. The van der Waals surface area contributed by atoms with Crippen LogP contribution in [0.5, 0.6) is 0 Å². The van der Waals surface area contributed by atoms with E-state index in [-0.39, 0.29) is 0 Å². The maximum absolute atomic E-state index is 13.8. The Morgan fingerprint density at radius 2 is 1.88 bits per heavy atom. The van der Waals surface area contributed by atoms with Crippen LogP contribution in [-0.4, -0.2) is 9.78 Å². The zero-order valence-corrected chi connectivity index (χ0v) is 11.2. The third kappa shape index (κ3) is 2.05. The molecule has 0 saturated carbocycles. The molecule has 0 N–H and O–H groups in total. The largest absolute Gasteiger partial charge is 0.271 e. The van der Waals surface area contributed by atoms with Crippen molar-refractivity contribution in [3.63, 3.8) is 0 Å². The van der Waals surface area contributed by atoms with Crippen LogP contribution in [0.25, 0.3) is 11.3 Å². The summed E-state index contributed by atoms with van der Waals surface area (Å²) in [4.78, 5) is 0. The first-order valence-electron chi connectivity index (χ1n) is 5.07. The quantitative estimate of drug-likeness (QED) is 0.763. The molecule has 1 heterocycles. The van der Waals surface area contributed by atoms with Crippen LogP contribution in [0.15, 0.2) is 12.1 Å². The molecule has 0 amide bonds. The first kappa shape index (κ1) is 12.4. The molecule has 0 aliphatic rings. The second kappa shape index (κ2) is 4.31. The Hall–Kier alpha value is -1.06. The van der Waals surface area contributed by atoms with Crippen LogP contribution in [0, 0.1) is 19.7 Å². The van der Waals surface area contributed by atoms with E-state index in [1.165, 1.54) is 6.07 Å². The number of benzene rings is 1. The summed E-state index contributed by atoms with van der Waals surface area (Å²) in [5, 5.41) is 5.08. The van der Waals surface area contributed by atoms with E-state index in [9.17, 15) is 4.39 Å². The zero-order chi connectivity index (χ0) is 12.7. The second-order valence-electron chi connectivity index (χ2n) is 3.95. The fourth-order valence-electron chi connectivity index (χ4n) is 1.59. The van der Waals surface area contributed by atoms with Crippen molar-refractivity contribution in [3.8, 4) is 11.3 Å². The summed E-state index contributed by atoms with van der Waals surface area (Å²) in [7, 11) is 1.77. The predicted octanol–water partition coefficient (Wildman–Crippen LogP) is 4.15. The third-order valence-corrected chi connectivity index (χ3v) is 3.62. The van der Waals surface area contributed by atoms with Crippen LogP contribution in [-0.2, 0) is 7.05 Å². The second-order valence-corrected chi connectivity index (χ2v) is 4.74. The first-order valence-corrected chi connectivity index (χ1v) is 5.82. The van der Waals surface area contributed by atoms with Crippen molar-refractivity contribution in [2.75, 3.05) is 0 Å². The number of halogens is 3. The average Bonchev–Trinajstić information content (AvgIpc) is 2.51. The molecule has 0 radical (unpaired) electrons. The van der Waals surface area contributed by atoms with Gasteiger partial charge in [-0.1, -0.05) is 23.2 Å². The average molecular weight is 273 g/mol. The Morgan fingerprint density at radius 3 is 2.41 bits per heavy atom. The van der Waals surface area contributed by atoms with Gasteiger partial charge < -0.3 is 0 Å². The maximum Gasteiger partial charge on any atom is 0.134 e. The minimum absolute atomic E-state index is 0.376. The Morgan fingerprint density at radius 1 is 1.24 bits per heavy atom. The Balaban J connectivity index is 2.68. The van der Waals surface area contributed by atoms with Crippen molar-refractivity contribution in [2.24, 2.45) is 7.05 Å². The molecule has 5 heteroatoms. The first-order chi connectivity index (χ1) is 7.91. The van der Waals surface area contributed by atoms with Crippen LogP contribution >= 0.6 is 23.2 Å². The van der Waals surface area contributed by atoms with E-state index in [2.05, 4.69) is 5.10 Å². The molecule has 0 unspecified atom stereocenters. The number of rotatable bonds is 1. The van der Waals surface area contributed by atoms with Crippen molar-refractivity contribution in [3.05, 3.63) is 39.3 Å². The van der Waals surface area contributed by atoms with Crippen LogP contribution < -0.4 is 0 Å². The lowest BCUT2D eigenvalue weighted by atomic mass is 10.1. The number of nitrogens with zero attached hydrogens (tertiary/aromatic N) is 2. The van der Waals surface area contributed by atoms with Gasteiger partial charge in [-0.3, -0.25) is 4.68 Å². The van der Waals surface area contributed by atoms with Crippen molar-refractivity contribution < 1.29 is 4.39 Å². The van der Waals surface area contributed by atoms with Gasteiger partial charge in [0, 0.05) is 17.6 Å². The predicted molar refractivity (Wildman–Crippen MR) is 68.1 cm³/mol. The molecule has 17 heavy (non-hydrogen) atoms. The highest BCUT2D eigenvalue weighted by molar-refractivity contribution is 6.34. The van der Waals surface area contributed by atoms with Crippen molar-refractivity contribution in [2.45, 2.75) is 13.8 Å². The van der Waals surface area contributed by atoms with Crippen LogP contribution in [0.4, 0.5) is 4.39 Å². The smallest absolute Gasteiger partial charge is 0.134 e. The Labute approximate surface area is 109 Å². The minimum atomic E-state index is -0.416. The number of aromatic nitrogens is 2. The molecule has 2 aromatic rings. The highest BCUT2D eigenvalue weighted by Gasteiger charge is 2.17. The molecule has 2 nitrogen and oxygen atoms in total. The van der Waals surface area contributed by atoms with Crippen molar-refractivity contribution in [1.29, 1.82) is 0 Å². The van der Waals surface area contributed by atoms with Gasteiger partial charge in [0.15, 0.2) is 0 Å². The number of hydrogen-bond acceptors (Lipinski definition) is 1. The number of hydrogen-bond donors (Lipinski definition) is 0. The molecule has 0 aliphatic carbocycles. The molecule has 0 saturated heterocycles. The summed E-state index contributed by atoms with van der Waals surface area (Å²) < 4.78 is 15.5. The van der Waals surface area contributed by atoms with Gasteiger partial charge in [-0.15, -0.1) is 0 Å². The van der Waals surface area contributed by atoms with E-state index in [0.29, 0.717) is 21.3 Å². The summed E-state index contributed by atoms with van der Waals surface area (Å²) in [6.45, 7) is 3.65. The fraction of sp³-hybridized carbons (Fsp3) is 0.250. The summed E-state index contributed by atoms with van der Waals surface area (Å²) in [6, 6.07) is 2.94. The summed E-state index contributed by atoms with van der Waals surface area (Å²) >= 11 is 12.0. The standard InChI is InChI=1S/C12H11Cl2FN2/c1-6-4-8(10(15)5-9(6)13)12-11(14)7(2)17(3)16-12/h4-5H,1-3H3. The monoisotopic (exact) mass is 272 g/mol. The molecule has 2 rings (SSSR count). The number of aryl methyl sites for hydroxylation is 2. The van der Waals surface area contributed by atoms with Gasteiger partial charge in [-0.25, -0.2) is 4.39 Å².